The quantitative estimate of drug-likeness (QED) is 0.460. The number of hydrogen-bond donors (Lipinski definition) is 3. The van der Waals surface area contributed by atoms with E-state index in [2.05, 4.69) is 54.2 Å². The monoisotopic (exact) mass is 494 g/mol. The van der Waals surface area contributed by atoms with Gasteiger partial charge in [-0.05, 0) is 40.3 Å². The highest BCUT2D eigenvalue weighted by Crippen LogP contribution is 2.31. The van der Waals surface area contributed by atoms with Crippen LogP contribution in [-0.4, -0.2) is 49.8 Å². The van der Waals surface area contributed by atoms with Crippen molar-refractivity contribution in [3.05, 3.63) is 46.1 Å². The van der Waals surface area contributed by atoms with E-state index >= 15 is 0 Å². The van der Waals surface area contributed by atoms with Crippen molar-refractivity contribution in [3.63, 3.8) is 0 Å². The minimum atomic E-state index is -0.910. The number of halogens is 1. The topological polar surface area (TPSA) is 114 Å². The third-order valence-corrected chi connectivity index (χ3v) is 5.29. The van der Waals surface area contributed by atoms with Crippen molar-refractivity contribution in [2.24, 2.45) is 0 Å². The van der Waals surface area contributed by atoms with Gasteiger partial charge in [0.05, 0.1) is 12.4 Å². The molecule has 1 aromatic carbocycles. The molecule has 1 fully saturated rings. The summed E-state index contributed by atoms with van der Waals surface area (Å²) in [5.74, 6) is 0.262. The summed E-state index contributed by atoms with van der Waals surface area (Å²) in [6.07, 6.45) is 1.01. The maximum absolute atomic E-state index is 11.8. The molecule has 0 radical (unpaired) electrons. The van der Waals surface area contributed by atoms with Crippen LogP contribution in [0.5, 0.6) is 0 Å². The summed E-state index contributed by atoms with van der Waals surface area (Å²) in [5, 5.41) is 15.9. The van der Waals surface area contributed by atoms with Crippen LogP contribution in [-0.2, 0) is 16.1 Å². The Labute approximate surface area is 174 Å². The highest BCUT2D eigenvalue weighted by atomic mass is 127. The molecular weight excluding hydrogens is 475 g/mol. The summed E-state index contributed by atoms with van der Waals surface area (Å²) in [6.45, 7) is 0.604. The normalized spacial score (nSPS) is 21.8. The van der Waals surface area contributed by atoms with E-state index in [1.807, 2.05) is 18.2 Å². The van der Waals surface area contributed by atoms with E-state index in [9.17, 15) is 9.90 Å². The molecule has 0 spiro atoms. The summed E-state index contributed by atoms with van der Waals surface area (Å²) in [5.41, 5.74) is 2.32. The number of hydrogen-bond acceptors (Lipinski definition) is 7. The average molecular weight is 494 g/mol. The molecule has 1 unspecified atom stereocenters. The van der Waals surface area contributed by atoms with Gasteiger partial charge >= 0.3 is 0 Å². The van der Waals surface area contributed by atoms with Crippen molar-refractivity contribution in [2.45, 2.75) is 31.4 Å². The van der Waals surface area contributed by atoms with E-state index in [0.717, 1.165) is 9.13 Å². The number of carbonyl (C=O) groups is 1. The molecule has 1 saturated heterocycles. The molecule has 28 heavy (non-hydrogen) atoms. The van der Waals surface area contributed by atoms with Crippen molar-refractivity contribution in [3.8, 4) is 0 Å². The Kier molecular flexibility index (Phi) is 5.42. The first-order valence-electron chi connectivity index (χ1n) is 8.78. The zero-order chi connectivity index (χ0) is 19.7. The largest absolute Gasteiger partial charge is 0.390 e. The summed E-state index contributed by atoms with van der Waals surface area (Å²) >= 11 is 2.28. The fraction of sp³-hybridized carbons (Fsp3) is 0.333. The van der Waals surface area contributed by atoms with Crippen LogP contribution < -0.4 is 10.6 Å². The molecule has 3 aromatic rings. The smallest absolute Gasteiger partial charge is 0.251 e. The number of ether oxygens (including phenoxy) is 1. The van der Waals surface area contributed by atoms with Gasteiger partial charge in [0.25, 0.3) is 5.91 Å². The van der Waals surface area contributed by atoms with E-state index in [1.54, 1.807) is 10.9 Å². The number of amides is 1. The molecule has 2 aromatic heterocycles. The molecule has 0 aliphatic carbocycles. The summed E-state index contributed by atoms with van der Waals surface area (Å²) in [7, 11) is 1.51. The number of aliphatic hydroxyl groups is 1. The molecule has 146 valence electrons. The molecule has 3 heterocycles. The second-order valence-electron chi connectivity index (χ2n) is 6.46. The highest BCUT2D eigenvalue weighted by molar-refractivity contribution is 14.1. The van der Waals surface area contributed by atoms with Crippen molar-refractivity contribution in [2.75, 3.05) is 12.4 Å². The molecule has 0 saturated carbocycles. The fourth-order valence-electron chi connectivity index (χ4n) is 3.23. The van der Waals surface area contributed by atoms with Crippen molar-refractivity contribution in [1.82, 2.24) is 24.8 Å². The third kappa shape index (κ3) is 3.66. The van der Waals surface area contributed by atoms with Crippen LogP contribution in [0.25, 0.3) is 11.2 Å². The zero-order valence-electron chi connectivity index (χ0n) is 15.0. The maximum Gasteiger partial charge on any atom is 0.251 e. The van der Waals surface area contributed by atoms with Crippen LogP contribution in [0.15, 0.2) is 36.9 Å². The first kappa shape index (κ1) is 19.0. The summed E-state index contributed by atoms with van der Waals surface area (Å²) in [4.78, 5) is 24.9. The number of carbonyl (C=O) groups excluding carboxylic acids is 1. The second kappa shape index (κ2) is 7.97. The van der Waals surface area contributed by atoms with Gasteiger partial charge in [-0.25, -0.2) is 15.0 Å². The molecule has 1 aliphatic rings. The summed E-state index contributed by atoms with van der Waals surface area (Å²) in [6, 6.07) is 8.18. The van der Waals surface area contributed by atoms with E-state index in [0.29, 0.717) is 23.5 Å². The van der Waals surface area contributed by atoms with Gasteiger partial charge in [-0.3, -0.25) is 9.36 Å². The van der Waals surface area contributed by atoms with Gasteiger partial charge in [0.2, 0.25) is 0 Å². The fourth-order valence-corrected chi connectivity index (χ4v) is 3.84. The van der Waals surface area contributed by atoms with Crippen LogP contribution in [0.4, 0.5) is 5.82 Å². The number of nitrogens with zero attached hydrogens (tertiary/aromatic N) is 4. The van der Waals surface area contributed by atoms with Gasteiger partial charge in [0.1, 0.15) is 12.6 Å². The number of aliphatic hydroxyl groups excluding tert-OH is 1. The van der Waals surface area contributed by atoms with Crippen LogP contribution in [0, 0.1) is 3.57 Å². The molecule has 1 aliphatic heterocycles. The Balaban J connectivity index is 1.56. The number of imidazole rings is 1. The van der Waals surface area contributed by atoms with Crippen LogP contribution in [0.3, 0.4) is 0 Å². The van der Waals surface area contributed by atoms with E-state index < -0.39 is 18.4 Å². The highest BCUT2D eigenvalue weighted by Gasteiger charge is 2.39. The SMILES string of the molecule is CNC(=O)[C@H]1O[C@@H](n2cnc3c(NCc4cccc(I)c4)ncnc32)CC1O. The second-order valence-corrected chi connectivity index (χ2v) is 7.70. The number of likely N-dealkylation sites (N-methyl/N-ethyl adjacent to an activating group) is 1. The number of aromatic nitrogens is 4. The Morgan fingerprint density at radius 2 is 2.25 bits per heavy atom. The van der Waals surface area contributed by atoms with Crippen LogP contribution in [0.2, 0.25) is 0 Å². The molecule has 10 heteroatoms. The molecule has 1 amide bonds. The van der Waals surface area contributed by atoms with E-state index in [1.165, 1.54) is 13.4 Å². The Hall–Kier alpha value is -2.31. The van der Waals surface area contributed by atoms with Crippen molar-refractivity contribution < 1.29 is 14.6 Å². The standard InChI is InChI=1S/C18H19IN6O3/c1-20-18(27)15-12(26)6-13(28-15)25-9-24-14-16(22-8-23-17(14)25)21-7-10-3-2-4-11(19)5-10/h2-5,8-9,12-13,15,26H,6-7H2,1H3,(H,20,27)(H,21,22,23)/t12?,13-,15+/m1/s1. The average Bonchev–Trinajstić information content (AvgIpc) is 3.29. The number of fused-ring (bicyclic) bond motifs is 1. The molecular formula is C18H19IN6O3. The molecule has 3 N–H and O–H groups in total. The number of rotatable bonds is 5. The lowest BCUT2D eigenvalue weighted by atomic mass is 10.1. The van der Waals surface area contributed by atoms with Crippen molar-refractivity contribution in [1.29, 1.82) is 0 Å². The third-order valence-electron chi connectivity index (χ3n) is 4.62. The van der Waals surface area contributed by atoms with Gasteiger partial charge in [0, 0.05) is 23.6 Å². The van der Waals surface area contributed by atoms with Crippen LogP contribution >= 0.6 is 22.6 Å². The molecule has 0 bridgehead atoms. The Bertz CT molecular complexity index is 1010. The molecule has 9 nitrogen and oxygen atoms in total. The van der Waals surface area contributed by atoms with E-state index in [4.69, 9.17) is 4.74 Å². The predicted octanol–water partition coefficient (Wildman–Crippen LogP) is 1.44. The molecule has 4 rings (SSSR count). The van der Waals surface area contributed by atoms with Gasteiger partial charge < -0.3 is 20.5 Å². The van der Waals surface area contributed by atoms with Crippen LogP contribution in [0.1, 0.15) is 18.2 Å². The van der Waals surface area contributed by atoms with Crippen molar-refractivity contribution >= 4 is 45.5 Å². The predicted molar refractivity (Wildman–Crippen MR) is 110 cm³/mol. The number of anilines is 1. The first-order chi connectivity index (χ1) is 13.6. The number of benzene rings is 1. The lowest BCUT2D eigenvalue weighted by Crippen LogP contribution is -2.38. The minimum Gasteiger partial charge on any atom is -0.390 e. The zero-order valence-corrected chi connectivity index (χ0v) is 17.2. The lowest BCUT2D eigenvalue weighted by Gasteiger charge is -2.14. The van der Waals surface area contributed by atoms with E-state index in [-0.39, 0.29) is 12.3 Å². The number of nitrogens with one attached hydrogen (secondary N) is 2. The van der Waals surface area contributed by atoms with Gasteiger partial charge in [0.15, 0.2) is 23.1 Å². The van der Waals surface area contributed by atoms with Gasteiger partial charge in [-0.2, -0.15) is 0 Å². The van der Waals surface area contributed by atoms with Gasteiger partial charge in [-0.15, -0.1) is 0 Å². The Morgan fingerprint density at radius 1 is 1.39 bits per heavy atom. The van der Waals surface area contributed by atoms with Gasteiger partial charge in [-0.1, -0.05) is 12.1 Å². The minimum absolute atomic E-state index is 0.277. The summed E-state index contributed by atoms with van der Waals surface area (Å²) < 4.78 is 8.63. The lowest BCUT2D eigenvalue weighted by molar-refractivity contribution is -0.137. The maximum atomic E-state index is 11.8. The molecule has 3 atom stereocenters. The first-order valence-corrected chi connectivity index (χ1v) is 9.85. The Morgan fingerprint density at radius 3 is 3.04 bits per heavy atom.